The van der Waals surface area contributed by atoms with Crippen LogP contribution in [0.3, 0.4) is 0 Å². The first kappa shape index (κ1) is 19.3. The molecule has 0 fully saturated rings. The molecule has 30 heavy (non-hydrogen) atoms. The molecule has 0 aliphatic heterocycles. The van der Waals surface area contributed by atoms with Gasteiger partial charge in [0, 0.05) is 29.8 Å². The zero-order chi connectivity index (χ0) is 20.9. The van der Waals surface area contributed by atoms with E-state index < -0.39 is 0 Å². The zero-order valence-corrected chi connectivity index (χ0v) is 16.8. The third-order valence-electron chi connectivity index (χ3n) is 4.65. The Morgan fingerprint density at radius 3 is 2.27 bits per heavy atom. The van der Waals surface area contributed by atoms with Crippen molar-refractivity contribution in [1.82, 2.24) is 15.0 Å². The van der Waals surface area contributed by atoms with E-state index >= 15 is 0 Å². The van der Waals surface area contributed by atoms with Gasteiger partial charge < -0.3 is 5.32 Å². The van der Waals surface area contributed by atoms with Crippen LogP contribution in [0.25, 0.3) is 0 Å². The van der Waals surface area contributed by atoms with Gasteiger partial charge in [0.05, 0.1) is 5.69 Å². The lowest BCUT2D eigenvalue weighted by molar-refractivity contribution is 0.102. The minimum absolute atomic E-state index is 0.162. The number of nitrogens with zero attached hydrogens (tertiary/aromatic N) is 4. The fraction of sp³-hybridized carbons (Fsp3) is 0.0833. The third-order valence-corrected chi connectivity index (χ3v) is 4.65. The topological polar surface area (TPSA) is 71.0 Å². The van der Waals surface area contributed by atoms with Crippen molar-refractivity contribution in [3.8, 4) is 0 Å². The highest BCUT2D eigenvalue weighted by Gasteiger charge is 2.18. The second-order valence-corrected chi connectivity index (χ2v) is 6.89. The van der Waals surface area contributed by atoms with Gasteiger partial charge in [0.1, 0.15) is 5.82 Å². The molecule has 148 valence electrons. The Bertz CT molecular complexity index is 1110. The molecular weight excluding hydrogens is 374 g/mol. The van der Waals surface area contributed by atoms with Crippen LogP contribution in [0.15, 0.2) is 85.3 Å². The highest BCUT2D eigenvalue weighted by atomic mass is 16.1. The van der Waals surface area contributed by atoms with Crippen molar-refractivity contribution in [3.63, 3.8) is 0 Å². The van der Waals surface area contributed by atoms with Gasteiger partial charge in [-0.1, -0.05) is 29.8 Å². The first-order chi connectivity index (χ1) is 14.6. The molecular formula is C24H21N5O. The smallest absolute Gasteiger partial charge is 0.255 e. The molecule has 4 rings (SSSR count). The molecule has 1 N–H and O–H groups in total. The molecule has 1 amide bonds. The molecule has 0 atom stereocenters. The summed E-state index contributed by atoms with van der Waals surface area (Å²) in [5, 5.41) is 2.98. The highest BCUT2D eigenvalue weighted by molar-refractivity contribution is 6.04. The van der Waals surface area contributed by atoms with E-state index in [1.165, 1.54) is 0 Å². The maximum absolute atomic E-state index is 12.7. The molecule has 0 spiro atoms. The van der Waals surface area contributed by atoms with E-state index in [0.717, 1.165) is 16.8 Å². The summed E-state index contributed by atoms with van der Waals surface area (Å²) in [5.74, 6) is 1.03. The van der Waals surface area contributed by atoms with Crippen molar-refractivity contribution in [2.24, 2.45) is 0 Å². The summed E-state index contributed by atoms with van der Waals surface area (Å²) in [6.07, 6.45) is 5.11. The number of benzene rings is 2. The monoisotopic (exact) mass is 395 g/mol. The number of rotatable bonds is 5. The van der Waals surface area contributed by atoms with Crippen molar-refractivity contribution in [2.75, 3.05) is 10.2 Å². The Hall–Kier alpha value is -4.06. The van der Waals surface area contributed by atoms with Crippen LogP contribution in [0.2, 0.25) is 0 Å². The van der Waals surface area contributed by atoms with Crippen LogP contribution in [0.4, 0.5) is 23.1 Å². The Kier molecular flexibility index (Phi) is 5.48. The average molecular weight is 395 g/mol. The lowest BCUT2D eigenvalue weighted by Gasteiger charge is -2.24. The standard InChI is InChI=1S/C24H21N5O/c1-17-7-10-19(11-8-17)23(30)28-20-12-9-18(2)21(16-20)29(22-6-3-4-13-25-22)24-26-14-5-15-27-24/h3-16H,1-2H3,(H,28,30). The van der Waals surface area contributed by atoms with Gasteiger partial charge >= 0.3 is 0 Å². The minimum atomic E-state index is -0.162. The molecule has 4 aromatic rings. The number of nitrogens with one attached hydrogen (secondary N) is 1. The SMILES string of the molecule is Cc1ccc(C(=O)Nc2ccc(C)c(N(c3ccccn3)c3ncccn3)c2)cc1. The molecule has 0 saturated carbocycles. The van der Waals surface area contributed by atoms with E-state index in [1.807, 2.05) is 79.4 Å². The van der Waals surface area contributed by atoms with E-state index in [2.05, 4.69) is 20.3 Å². The average Bonchev–Trinajstić information content (AvgIpc) is 2.78. The second kappa shape index (κ2) is 8.53. The molecule has 0 unspecified atom stereocenters. The molecule has 0 aliphatic carbocycles. The summed E-state index contributed by atoms with van der Waals surface area (Å²) in [6.45, 7) is 3.99. The van der Waals surface area contributed by atoms with Gasteiger partial charge in [0.2, 0.25) is 5.95 Å². The molecule has 2 heterocycles. The van der Waals surface area contributed by atoms with Gasteiger partial charge in [-0.25, -0.2) is 15.0 Å². The summed E-state index contributed by atoms with van der Waals surface area (Å²) in [4.78, 5) is 27.8. The van der Waals surface area contributed by atoms with Gasteiger partial charge in [-0.2, -0.15) is 0 Å². The zero-order valence-electron chi connectivity index (χ0n) is 16.8. The number of carbonyl (C=O) groups excluding carboxylic acids is 1. The van der Waals surface area contributed by atoms with E-state index in [-0.39, 0.29) is 5.91 Å². The largest absolute Gasteiger partial charge is 0.322 e. The van der Waals surface area contributed by atoms with Crippen LogP contribution in [0.5, 0.6) is 0 Å². The fourth-order valence-electron chi connectivity index (χ4n) is 3.06. The molecule has 2 aromatic carbocycles. The first-order valence-electron chi connectivity index (χ1n) is 9.59. The maximum Gasteiger partial charge on any atom is 0.255 e. The van der Waals surface area contributed by atoms with Crippen LogP contribution in [-0.2, 0) is 0 Å². The number of aryl methyl sites for hydroxylation is 2. The first-order valence-corrected chi connectivity index (χ1v) is 9.59. The van der Waals surface area contributed by atoms with Crippen LogP contribution in [0, 0.1) is 13.8 Å². The Morgan fingerprint density at radius 1 is 0.833 bits per heavy atom. The van der Waals surface area contributed by atoms with Crippen LogP contribution in [0.1, 0.15) is 21.5 Å². The fourth-order valence-corrected chi connectivity index (χ4v) is 3.06. The molecule has 6 nitrogen and oxygen atoms in total. The van der Waals surface area contributed by atoms with Crippen molar-refractivity contribution < 1.29 is 4.79 Å². The van der Waals surface area contributed by atoms with Crippen LogP contribution < -0.4 is 10.2 Å². The van der Waals surface area contributed by atoms with Crippen molar-refractivity contribution in [1.29, 1.82) is 0 Å². The van der Waals surface area contributed by atoms with Gasteiger partial charge in [-0.15, -0.1) is 0 Å². The van der Waals surface area contributed by atoms with Gasteiger partial charge in [0.25, 0.3) is 5.91 Å². The van der Waals surface area contributed by atoms with Crippen molar-refractivity contribution >= 4 is 29.0 Å². The quantitative estimate of drug-likeness (QED) is 0.502. The number of aromatic nitrogens is 3. The molecule has 0 bridgehead atoms. The summed E-state index contributed by atoms with van der Waals surface area (Å²) in [7, 11) is 0. The summed E-state index contributed by atoms with van der Waals surface area (Å²) < 4.78 is 0. The van der Waals surface area contributed by atoms with Crippen LogP contribution >= 0.6 is 0 Å². The number of anilines is 4. The van der Waals surface area contributed by atoms with E-state index in [0.29, 0.717) is 23.0 Å². The van der Waals surface area contributed by atoms with Gasteiger partial charge in [-0.3, -0.25) is 9.69 Å². The molecule has 6 heteroatoms. The number of hydrogen-bond acceptors (Lipinski definition) is 5. The van der Waals surface area contributed by atoms with Crippen molar-refractivity contribution in [2.45, 2.75) is 13.8 Å². The highest BCUT2D eigenvalue weighted by Crippen LogP contribution is 2.34. The summed E-state index contributed by atoms with van der Waals surface area (Å²) in [6, 6.07) is 20.7. The Morgan fingerprint density at radius 2 is 1.57 bits per heavy atom. The lowest BCUT2D eigenvalue weighted by Crippen LogP contribution is -2.17. The summed E-state index contributed by atoms with van der Waals surface area (Å²) >= 11 is 0. The van der Waals surface area contributed by atoms with Crippen molar-refractivity contribution in [3.05, 3.63) is 102 Å². The third kappa shape index (κ3) is 4.17. The number of amides is 1. The van der Waals surface area contributed by atoms with E-state index in [1.54, 1.807) is 24.7 Å². The minimum Gasteiger partial charge on any atom is -0.322 e. The lowest BCUT2D eigenvalue weighted by atomic mass is 10.1. The normalized spacial score (nSPS) is 10.5. The number of carbonyl (C=O) groups is 1. The Labute approximate surface area is 175 Å². The number of hydrogen-bond donors (Lipinski definition) is 1. The maximum atomic E-state index is 12.7. The predicted molar refractivity (Wildman–Crippen MR) is 118 cm³/mol. The molecule has 0 radical (unpaired) electrons. The van der Waals surface area contributed by atoms with Gasteiger partial charge in [-0.05, 0) is 61.9 Å². The predicted octanol–water partition coefficient (Wildman–Crippen LogP) is 5.21. The molecule has 0 saturated heterocycles. The number of pyridine rings is 1. The van der Waals surface area contributed by atoms with Crippen LogP contribution in [-0.4, -0.2) is 20.9 Å². The summed E-state index contributed by atoms with van der Waals surface area (Å²) in [5.41, 5.74) is 4.23. The van der Waals surface area contributed by atoms with Gasteiger partial charge in [0.15, 0.2) is 0 Å². The second-order valence-electron chi connectivity index (χ2n) is 6.89. The molecule has 0 aliphatic rings. The van der Waals surface area contributed by atoms with E-state index in [9.17, 15) is 4.79 Å². The molecule has 2 aromatic heterocycles. The Balaban J connectivity index is 1.72. The van der Waals surface area contributed by atoms with E-state index in [4.69, 9.17) is 0 Å².